The van der Waals surface area contributed by atoms with Crippen molar-refractivity contribution in [3.63, 3.8) is 0 Å². The van der Waals surface area contributed by atoms with Gasteiger partial charge in [-0.15, -0.1) is 5.10 Å². The van der Waals surface area contributed by atoms with Gasteiger partial charge in [0.2, 0.25) is 0 Å². The Morgan fingerprint density at radius 3 is 2.96 bits per heavy atom. The summed E-state index contributed by atoms with van der Waals surface area (Å²) in [6, 6.07) is 9.65. The first-order valence-corrected chi connectivity index (χ1v) is 7.37. The van der Waals surface area contributed by atoms with Gasteiger partial charge in [0.25, 0.3) is 0 Å². The number of aryl methyl sites for hydroxylation is 1. The van der Waals surface area contributed by atoms with Crippen LogP contribution in [0.1, 0.15) is 23.1 Å². The van der Waals surface area contributed by atoms with Crippen LogP contribution in [0.15, 0.2) is 42.6 Å². The zero-order chi connectivity index (χ0) is 16.7. The Bertz CT molecular complexity index is 1070. The highest BCUT2D eigenvalue weighted by Gasteiger charge is 2.22. The fraction of sp³-hybridized carbons (Fsp3) is 0.125. The van der Waals surface area contributed by atoms with Crippen molar-refractivity contribution in [3.8, 4) is 0 Å². The number of fused-ring (bicyclic) bond motifs is 2. The molecule has 3 aromatic heterocycles. The van der Waals surface area contributed by atoms with E-state index in [9.17, 15) is 9.18 Å². The standard InChI is InChI=1S/C16H12FN5O2/c1-2-11-15(21-8-7-10(17)9-14(21)18-11)16(23)24-22-13-6-4-3-5-12(13)19-20-22/h3-9H,2H2,1H3. The number of nitrogens with zero attached hydrogens (tertiary/aromatic N) is 5. The number of halogens is 1. The van der Waals surface area contributed by atoms with Crippen molar-refractivity contribution in [2.24, 2.45) is 0 Å². The number of imidazole rings is 1. The monoisotopic (exact) mass is 325 g/mol. The van der Waals surface area contributed by atoms with E-state index >= 15 is 0 Å². The molecule has 0 aliphatic carbocycles. The summed E-state index contributed by atoms with van der Waals surface area (Å²) in [7, 11) is 0. The van der Waals surface area contributed by atoms with E-state index in [1.54, 1.807) is 18.2 Å². The lowest BCUT2D eigenvalue weighted by atomic mass is 10.2. The van der Waals surface area contributed by atoms with Crippen LogP contribution in [0.5, 0.6) is 0 Å². The third-order valence-corrected chi connectivity index (χ3v) is 3.68. The highest BCUT2D eigenvalue weighted by molar-refractivity contribution is 5.90. The van der Waals surface area contributed by atoms with Gasteiger partial charge in [0.05, 0.1) is 5.69 Å². The molecule has 7 nitrogen and oxygen atoms in total. The van der Waals surface area contributed by atoms with Crippen LogP contribution in [-0.4, -0.2) is 30.5 Å². The van der Waals surface area contributed by atoms with Crippen LogP contribution in [-0.2, 0) is 6.42 Å². The average molecular weight is 325 g/mol. The Kier molecular flexibility index (Phi) is 3.23. The lowest BCUT2D eigenvalue weighted by Crippen LogP contribution is -2.23. The second-order valence-electron chi connectivity index (χ2n) is 5.16. The van der Waals surface area contributed by atoms with Crippen molar-refractivity contribution >= 4 is 22.6 Å². The Balaban J connectivity index is 1.78. The minimum atomic E-state index is -0.637. The first-order valence-electron chi connectivity index (χ1n) is 7.37. The topological polar surface area (TPSA) is 74.3 Å². The first kappa shape index (κ1) is 14.3. The maximum Gasteiger partial charge on any atom is 0.384 e. The minimum Gasteiger partial charge on any atom is -0.310 e. The van der Waals surface area contributed by atoms with Gasteiger partial charge in [0.1, 0.15) is 22.5 Å². The number of rotatable bonds is 3. The molecule has 0 amide bonds. The van der Waals surface area contributed by atoms with Gasteiger partial charge in [-0.2, -0.15) is 0 Å². The van der Waals surface area contributed by atoms with Crippen LogP contribution >= 0.6 is 0 Å². The second-order valence-corrected chi connectivity index (χ2v) is 5.16. The molecule has 0 bridgehead atoms. The molecule has 8 heteroatoms. The van der Waals surface area contributed by atoms with E-state index in [-0.39, 0.29) is 5.69 Å². The number of hydrogen-bond donors (Lipinski definition) is 0. The summed E-state index contributed by atoms with van der Waals surface area (Å²) < 4.78 is 14.9. The minimum absolute atomic E-state index is 0.243. The average Bonchev–Trinajstić information content (AvgIpc) is 3.15. The summed E-state index contributed by atoms with van der Waals surface area (Å²) in [5, 5.41) is 7.76. The SMILES string of the molecule is CCc1nc2cc(F)ccn2c1C(=O)On1nnc2ccccc21. The Labute approximate surface area is 135 Å². The van der Waals surface area contributed by atoms with Gasteiger partial charge >= 0.3 is 5.97 Å². The molecule has 0 saturated heterocycles. The molecule has 0 saturated carbocycles. The molecule has 120 valence electrons. The number of pyridine rings is 1. The first-order chi connectivity index (χ1) is 11.7. The lowest BCUT2D eigenvalue weighted by molar-refractivity contribution is 0.0399. The molecule has 1 aromatic carbocycles. The summed E-state index contributed by atoms with van der Waals surface area (Å²) in [4.78, 5) is 23.3. The van der Waals surface area contributed by atoms with E-state index in [0.29, 0.717) is 28.8 Å². The van der Waals surface area contributed by atoms with Crippen LogP contribution in [0.3, 0.4) is 0 Å². The highest BCUT2D eigenvalue weighted by Crippen LogP contribution is 2.16. The normalized spacial score (nSPS) is 11.2. The third-order valence-electron chi connectivity index (χ3n) is 3.68. The van der Waals surface area contributed by atoms with Crippen molar-refractivity contribution in [2.45, 2.75) is 13.3 Å². The van der Waals surface area contributed by atoms with Crippen molar-refractivity contribution < 1.29 is 14.0 Å². The van der Waals surface area contributed by atoms with Gasteiger partial charge in [-0.1, -0.05) is 23.9 Å². The van der Waals surface area contributed by atoms with Crippen molar-refractivity contribution in [1.29, 1.82) is 0 Å². The van der Waals surface area contributed by atoms with Crippen molar-refractivity contribution in [3.05, 3.63) is 59.8 Å². The molecule has 0 atom stereocenters. The predicted octanol–water partition coefficient (Wildman–Crippen LogP) is 2.05. The van der Waals surface area contributed by atoms with Crippen LogP contribution in [0.4, 0.5) is 4.39 Å². The molecule has 0 fully saturated rings. The number of para-hydroxylation sites is 1. The third kappa shape index (κ3) is 2.19. The van der Waals surface area contributed by atoms with Gasteiger partial charge in [-0.25, -0.2) is 14.2 Å². The van der Waals surface area contributed by atoms with Crippen LogP contribution in [0, 0.1) is 5.82 Å². The highest BCUT2D eigenvalue weighted by atomic mass is 19.1. The molecule has 0 aliphatic heterocycles. The molecule has 0 aliphatic rings. The van der Waals surface area contributed by atoms with Gasteiger partial charge in [0, 0.05) is 12.3 Å². The van der Waals surface area contributed by atoms with Gasteiger partial charge in [-0.05, 0) is 29.8 Å². The summed E-state index contributed by atoms with van der Waals surface area (Å²) in [5.41, 5.74) is 2.30. The van der Waals surface area contributed by atoms with Crippen molar-refractivity contribution in [2.75, 3.05) is 0 Å². The Morgan fingerprint density at radius 1 is 1.29 bits per heavy atom. The van der Waals surface area contributed by atoms with E-state index in [0.717, 1.165) is 4.85 Å². The Hall–Kier alpha value is -3.29. The van der Waals surface area contributed by atoms with Crippen LogP contribution in [0.2, 0.25) is 0 Å². The van der Waals surface area contributed by atoms with Crippen LogP contribution in [0.25, 0.3) is 16.7 Å². The molecular weight excluding hydrogens is 313 g/mol. The molecule has 0 spiro atoms. The molecular formula is C16H12FN5O2. The van der Waals surface area contributed by atoms with E-state index in [4.69, 9.17) is 4.84 Å². The Morgan fingerprint density at radius 2 is 2.12 bits per heavy atom. The zero-order valence-corrected chi connectivity index (χ0v) is 12.7. The number of hydrogen-bond acceptors (Lipinski definition) is 5. The fourth-order valence-electron chi connectivity index (χ4n) is 2.57. The molecule has 0 N–H and O–H groups in total. The van der Waals surface area contributed by atoms with Gasteiger partial charge < -0.3 is 4.84 Å². The van der Waals surface area contributed by atoms with Gasteiger partial charge in [0.15, 0.2) is 5.69 Å². The molecule has 4 rings (SSSR count). The van der Waals surface area contributed by atoms with E-state index in [1.165, 1.54) is 22.7 Å². The number of carbonyl (C=O) groups excluding carboxylic acids is 1. The smallest absolute Gasteiger partial charge is 0.310 e. The summed E-state index contributed by atoms with van der Waals surface area (Å²) in [6.45, 7) is 1.86. The molecule has 24 heavy (non-hydrogen) atoms. The summed E-state index contributed by atoms with van der Waals surface area (Å²) in [5.74, 6) is -1.06. The second kappa shape index (κ2) is 5.41. The maximum atomic E-state index is 13.4. The van der Waals surface area contributed by atoms with Crippen molar-refractivity contribution in [1.82, 2.24) is 24.5 Å². The fourth-order valence-corrected chi connectivity index (χ4v) is 2.57. The predicted molar refractivity (Wildman–Crippen MR) is 83.0 cm³/mol. The molecule has 0 radical (unpaired) electrons. The number of carbonyl (C=O) groups is 1. The van der Waals surface area contributed by atoms with Gasteiger partial charge in [-0.3, -0.25) is 4.40 Å². The van der Waals surface area contributed by atoms with E-state index < -0.39 is 11.8 Å². The molecule has 0 unspecified atom stereocenters. The zero-order valence-electron chi connectivity index (χ0n) is 12.7. The quantitative estimate of drug-likeness (QED) is 0.539. The summed E-state index contributed by atoms with van der Waals surface area (Å²) >= 11 is 0. The molecule has 3 heterocycles. The summed E-state index contributed by atoms with van der Waals surface area (Å²) in [6.07, 6.45) is 1.96. The largest absolute Gasteiger partial charge is 0.384 e. The van der Waals surface area contributed by atoms with E-state index in [2.05, 4.69) is 15.3 Å². The number of aromatic nitrogens is 5. The maximum absolute atomic E-state index is 13.4. The van der Waals surface area contributed by atoms with Crippen LogP contribution < -0.4 is 4.84 Å². The van der Waals surface area contributed by atoms with E-state index in [1.807, 2.05) is 13.0 Å². The number of benzene rings is 1. The lowest BCUT2D eigenvalue weighted by Gasteiger charge is -2.05. The molecule has 4 aromatic rings.